The van der Waals surface area contributed by atoms with E-state index in [0.29, 0.717) is 10.4 Å². The fourth-order valence-electron chi connectivity index (χ4n) is 1.11. The molecule has 0 spiro atoms. The fourth-order valence-corrected chi connectivity index (χ4v) is 5.06. The van der Waals surface area contributed by atoms with Crippen molar-refractivity contribution < 1.29 is 26.3 Å². The summed E-state index contributed by atoms with van der Waals surface area (Å²) in [6.07, 6.45) is -10.5. The summed E-state index contributed by atoms with van der Waals surface area (Å²) in [5.41, 5.74) is 0. The predicted molar refractivity (Wildman–Crippen MR) is 51.2 cm³/mol. The molecule has 0 amide bonds. The Morgan fingerprint density at radius 3 is 1.40 bits per heavy atom. The van der Waals surface area contributed by atoms with Gasteiger partial charge in [0.1, 0.15) is 8.96 Å². The van der Waals surface area contributed by atoms with Crippen LogP contribution in [0.2, 0.25) is 12.1 Å². The van der Waals surface area contributed by atoms with E-state index in [1.807, 2.05) is 0 Å². The van der Waals surface area contributed by atoms with E-state index in [4.69, 9.17) is 0 Å². The molecule has 0 atom stereocenters. The van der Waals surface area contributed by atoms with Crippen LogP contribution >= 0.6 is 0 Å². The van der Waals surface area contributed by atoms with Gasteiger partial charge in [0.25, 0.3) is 0 Å². The Morgan fingerprint density at radius 2 is 1.20 bits per heavy atom. The molecule has 0 aromatic heterocycles. The van der Waals surface area contributed by atoms with Gasteiger partial charge in [-0.3, -0.25) is 0 Å². The second-order valence-corrected chi connectivity index (χ2v) is 8.15. The molecule has 0 aliphatic rings. The van der Waals surface area contributed by atoms with Gasteiger partial charge >= 0.3 is 12.4 Å². The van der Waals surface area contributed by atoms with E-state index in [9.17, 15) is 26.3 Å². The Hall–Kier alpha value is -0.0262. The third kappa shape index (κ3) is 10.3. The lowest BCUT2D eigenvalue weighted by Crippen LogP contribution is -2.33. The maximum Gasteiger partial charge on any atom is 0.388 e. The minimum absolute atomic E-state index is 0.150. The van der Waals surface area contributed by atoms with Gasteiger partial charge in [-0.15, -0.1) is 0 Å². The SMILES string of the molecule is FC(F)(F)CC[SiH](CCC(F)(F)F)N[SiH3]. The molecule has 0 saturated carbocycles. The van der Waals surface area contributed by atoms with Crippen molar-refractivity contribution in [3.8, 4) is 0 Å². The first-order valence-corrected chi connectivity index (χ1v) is 7.66. The van der Waals surface area contributed by atoms with Crippen LogP contribution in [-0.2, 0) is 0 Å². The zero-order chi connectivity index (χ0) is 12.1. The molecule has 0 aromatic carbocycles. The zero-order valence-electron chi connectivity index (χ0n) is 8.17. The summed E-state index contributed by atoms with van der Waals surface area (Å²) in [7, 11) is -1.59. The van der Waals surface area contributed by atoms with Crippen molar-refractivity contribution >= 4 is 19.4 Å². The highest BCUT2D eigenvalue weighted by Crippen LogP contribution is 2.26. The summed E-state index contributed by atoms with van der Waals surface area (Å²) in [5.74, 6) is 0. The average Bonchev–Trinajstić information content (AvgIpc) is 2.00. The van der Waals surface area contributed by atoms with E-state index >= 15 is 0 Å². The minimum Gasteiger partial charge on any atom is -0.369 e. The van der Waals surface area contributed by atoms with Gasteiger partial charge in [0.15, 0.2) is 0 Å². The van der Waals surface area contributed by atoms with Gasteiger partial charge in [-0.05, 0) is 12.1 Å². The van der Waals surface area contributed by atoms with E-state index in [-0.39, 0.29) is 12.1 Å². The average molecular weight is 269 g/mol. The smallest absolute Gasteiger partial charge is 0.369 e. The molecule has 1 N–H and O–H groups in total. The zero-order valence-corrected chi connectivity index (χ0v) is 11.3. The van der Waals surface area contributed by atoms with Crippen molar-refractivity contribution in [2.45, 2.75) is 37.3 Å². The normalized spacial score (nSPS) is 13.8. The Labute approximate surface area is 88.4 Å². The summed E-state index contributed by atoms with van der Waals surface area (Å²) in [4.78, 5) is 0. The van der Waals surface area contributed by atoms with Crippen molar-refractivity contribution in [3.05, 3.63) is 0 Å². The molecule has 0 radical (unpaired) electrons. The molecule has 0 unspecified atom stereocenters. The third-order valence-corrected chi connectivity index (χ3v) is 7.20. The molecule has 0 saturated heterocycles. The van der Waals surface area contributed by atoms with Crippen molar-refractivity contribution in [3.63, 3.8) is 0 Å². The van der Waals surface area contributed by atoms with Crippen molar-refractivity contribution in [1.82, 2.24) is 4.65 Å². The minimum atomic E-state index is -4.26. The molecule has 92 valence electrons. The van der Waals surface area contributed by atoms with E-state index in [1.165, 1.54) is 0 Å². The van der Waals surface area contributed by atoms with E-state index in [1.54, 1.807) is 0 Å². The maximum absolute atomic E-state index is 11.8. The lowest BCUT2D eigenvalue weighted by molar-refractivity contribution is -0.131. The topological polar surface area (TPSA) is 12.0 Å². The largest absolute Gasteiger partial charge is 0.388 e. The lowest BCUT2D eigenvalue weighted by Gasteiger charge is -2.16. The monoisotopic (exact) mass is 269 g/mol. The van der Waals surface area contributed by atoms with Gasteiger partial charge < -0.3 is 4.65 Å². The molecule has 0 fully saturated rings. The first kappa shape index (κ1) is 15.0. The maximum atomic E-state index is 11.8. The second kappa shape index (κ2) is 5.90. The van der Waals surface area contributed by atoms with Crippen LogP contribution in [0.25, 0.3) is 0 Å². The standard InChI is InChI=1S/C6H13F6NSi2/c7-5(8,9)1-3-15(13-14)4-2-6(10,11)12/h13,15H,1-4H2,14H3. The summed E-state index contributed by atoms with van der Waals surface area (Å²) >= 11 is 0. The van der Waals surface area contributed by atoms with Crippen LogP contribution in [0.3, 0.4) is 0 Å². The predicted octanol–water partition coefficient (Wildman–Crippen LogP) is 1.48. The van der Waals surface area contributed by atoms with Crippen LogP contribution < -0.4 is 4.65 Å². The molecular weight excluding hydrogens is 256 g/mol. The molecule has 9 heteroatoms. The third-order valence-electron chi connectivity index (χ3n) is 1.96. The Bertz CT molecular complexity index is 161. The number of alkyl halides is 6. The molecule has 15 heavy (non-hydrogen) atoms. The van der Waals surface area contributed by atoms with Crippen LogP contribution in [0.5, 0.6) is 0 Å². The first-order chi connectivity index (χ1) is 6.64. The molecule has 0 heterocycles. The van der Waals surface area contributed by atoms with Crippen molar-refractivity contribution in [2.24, 2.45) is 0 Å². The molecule has 1 nitrogen and oxygen atoms in total. The van der Waals surface area contributed by atoms with Gasteiger partial charge in [0.2, 0.25) is 0 Å². The Morgan fingerprint density at radius 1 is 0.867 bits per heavy atom. The number of halogens is 6. The molecule has 0 aliphatic heterocycles. The number of hydrogen-bond donors (Lipinski definition) is 1. The Kier molecular flexibility index (Phi) is 5.89. The highest BCUT2D eigenvalue weighted by atomic mass is 28.3. The van der Waals surface area contributed by atoms with Gasteiger partial charge in [-0.25, -0.2) is 0 Å². The Balaban J connectivity index is 3.84. The first-order valence-electron chi connectivity index (χ1n) is 4.45. The van der Waals surface area contributed by atoms with E-state index < -0.39 is 34.2 Å². The van der Waals surface area contributed by atoms with Crippen LogP contribution in [0, 0.1) is 0 Å². The molecule has 0 rings (SSSR count). The van der Waals surface area contributed by atoms with Crippen LogP contribution in [0.15, 0.2) is 0 Å². The van der Waals surface area contributed by atoms with Crippen molar-refractivity contribution in [2.75, 3.05) is 0 Å². The molecule has 0 bridgehead atoms. The van der Waals surface area contributed by atoms with Gasteiger partial charge in [-0.2, -0.15) is 26.3 Å². The number of nitrogens with one attached hydrogen (secondary N) is 1. The molecule has 0 aliphatic carbocycles. The molecule has 0 aromatic rings. The number of hydrogen-bond acceptors (Lipinski definition) is 1. The highest BCUT2D eigenvalue weighted by Gasteiger charge is 2.31. The van der Waals surface area contributed by atoms with Crippen molar-refractivity contribution in [1.29, 1.82) is 0 Å². The fraction of sp³-hybridized carbons (Fsp3) is 1.00. The van der Waals surface area contributed by atoms with Crippen LogP contribution in [0.1, 0.15) is 12.8 Å². The van der Waals surface area contributed by atoms with Gasteiger partial charge in [0.05, 0.1) is 10.4 Å². The quantitative estimate of drug-likeness (QED) is 0.589. The number of rotatable bonds is 5. The summed E-state index contributed by atoms with van der Waals surface area (Å²) < 4.78 is 73.6. The van der Waals surface area contributed by atoms with E-state index in [2.05, 4.69) is 4.65 Å². The second-order valence-electron chi connectivity index (χ2n) is 3.29. The lowest BCUT2D eigenvalue weighted by atomic mass is 10.5. The van der Waals surface area contributed by atoms with Gasteiger partial charge in [-0.1, -0.05) is 0 Å². The summed E-state index contributed by atoms with van der Waals surface area (Å²) in [6, 6.07) is -0.299. The summed E-state index contributed by atoms with van der Waals surface area (Å²) in [6.45, 7) is 0. The van der Waals surface area contributed by atoms with Crippen LogP contribution in [0.4, 0.5) is 26.3 Å². The van der Waals surface area contributed by atoms with E-state index in [0.717, 1.165) is 0 Å². The molecular formula is C6H13F6NSi2. The summed E-state index contributed by atoms with van der Waals surface area (Å²) in [5, 5.41) is 0. The van der Waals surface area contributed by atoms with Crippen LogP contribution in [-0.4, -0.2) is 31.7 Å². The highest BCUT2D eigenvalue weighted by molar-refractivity contribution is 6.61. The van der Waals surface area contributed by atoms with Gasteiger partial charge in [0, 0.05) is 12.8 Å².